The Morgan fingerprint density at radius 3 is 2.84 bits per heavy atom. The molecule has 3 N–H and O–H groups in total. The minimum Gasteiger partial charge on any atom is -0.468 e. The molecule has 2 heterocycles. The first-order valence-corrected chi connectivity index (χ1v) is 7.17. The number of nitrogens with two attached hydrogens (primary N) is 1. The van der Waals surface area contributed by atoms with Gasteiger partial charge in [-0.1, -0.05) is 12.2 Å². The molecule has 2 rings (SSSR count). The van der Waals surface area contributed by atoms with Crippen molar-refractivity contribution in [3.05, 3.63) is 48.2 Å². The molecule has 0 aromatic carbocycles. The lowest BCUT2D eigenvalue weighted by atomic mass is 10.3. The molecule has 0 fully saturated rings. The molecule has 0 bridgehead atoms. The summed E-state index contributed by atoms with van der Waals surface area (Å²) in [5, 5.41) is 0. The Labute approximate surface area is 115 Å². The molecule has 0 spiro atoms. The van der Waals surface area contributed by atoms with E-state index in [4.69, 9.17) is 22.4 Å². The van der Waals surface area contributed by atoms with Crippen molar-refractivity contribution in [1.29, 1.82) is 0 Å². The van der Waals surface area contributed by atoms with E-state index < -0.39 is 10.0 Å². The predicted octanol–water partition coefficient (Wildman–Crippen LogP) is 0.787. The summed E-state index contributed by atoms with van der Waals surface area (Å²) >= 11 is 4.79. The van der Waals surface area contributed by atoms with Crippen LogP contribution < -0.4 is 10.5 Å². The van der Waals surface area contributed by atoms with Gasteiger partial charge in [0.05, 0.1) is 12.8 Å². The normalized spacial score (nSPS) is 11.4. The summed E-state index contributed by atoms with van der Waals surface area (Å²) in [7, 11) is -3.75. The van der Waals surface area contributed by atoms with Gasteiger partial charge in [-0.3, -0.25) is 4.98 Å². The van der Waals surface area contributed by atoms with E-state index in [1.807, 2.05) is 0 Å². The predicted molar refractivity (Wildman–Crippen MR) is 72.9 cm³/mol. The van der Waals surface area contributed by atoms with Crippen LogP contribution in [0, 0.1) is 0 Å². The highest BCUT2D eigenvalue weighted by Gasteiger charge is 2.20. The topological polar surface area (TPSA) is 98.2 Å². The lowest BCUT2D eigenvalue weighted by molar-refractivity contribution is 0.498. The highest BCUT2D eigenvalue weighted by molar-refractivity contribution is 7.89. The molecule has 0 saturated carbocycles. The van der Waals surface area contributed by atoms with Crippen molar-refractivity contribution in [2.45, 2.75) is 11.4 Å². The first-order chi connectivity index (χ1) is 9.00. The Kier molecular flexibility index (Phi) is 3.93. The van der Waals surface area contributed by atoms with Crippen LogP contribution in [0.1, 0.15) is 11.5 Å². The second-order valence-corrected chi connectivity index (χ2v) is 5.79. The Bertz CT molecular complexity index is 681. The number of furan rings is 1. The molecule has 2 aromatic rings. The minimum atomic E-state index is -3.75. The van der Waals surface area contributed by atoms with Crippen molar-refractivity contribution in [1.82, 2.24) is 9.71 Å². The molecule has 0 aliphatic carbocycles. The molecule has 0 aliphatic heterocycles. The summed E-state index contributed by atoms with van der Waals surface area (Å²) in [4.78, 5) is 3.76. The first-order valence-electron chi connectivity index (χ1n) is 5.27. The number of nitrogens with one attached hydrogen (secondary N) is 1. The Balaban J connectivity index is 2.27. The Morgan fingerprint density at radius 2 is 2.21 bits per heavy atom. The van der Waals surface area contributed by atoms with Crippen LogP contribution in [0.3, 0.4) is 0 Å². The first kappa shape index (κ1) is 13.7. The number of hydrogen-bond acceptors (Lipinski definition) is 5. The number of pyridine rings is 1. The molecule has 0 atom stereocenters. The van der Waals surface area contributed by atoms with Crippen molar-refractivity contribution >= 4 is 27.2 Å². The van der Waals surface area contributed by atoms with E-state index >= 15 is 0 Å². The summed E-state index contributed by atoms with van der Waals surface area (Å²) in [5.41, 5.74) is 5.53. The Hall–Kier alpha value is -1.77. The summed E-state index contributed by atoms with van der Waals surface area (Å²) < 4.78 is 31.7. The molecule has 0 unspecified atom stereocenters. The summed E-state index contributed by atoms with van der Waals surface area (Å²) in [6.45, 7) is 0.0427. The van der Waals surface area contributed by atoms with Crippen LogP contribution in [0.5, 0.6) is 0 Å². The van der Waals surface area contributed by atoms with Gasteiger partial charge in [-0.05, 0) is 24.3 Å². The summed E-state index contributed by atoms with van der Waals surface area (Å²) in [6.07, 6.45) is 2.90. The number of sulfonamides is 1. The monoisotopic (exact) mass is 297 g/mol. The van der Waals surface area contributed by atoms with Crippen LogP contribution in [0.4, 0.5) is 0 Å². The van der Waals surface area contributed by atoms with Crippen molar-refractivity contribution in [3.63, 3.8) is 0 Å². The van der Waals surface area contributed by atoms with Crippen LogP contribution in [0.2, 0.25) is 0 Å². The molecule has 0 amide bonds. The van der Waals surface area contributed by atoms with Gasteiger partial charge in [-0.25, -0.2) is 13.1 Å². The van der Waals surface area contributed by atoms with E-state index in [2.05, 4.69) is 9.71 Å². The van der Waals surface area contributed by atoms with Gasteiger partial charge in [-0.2, -0.15) is 0 Å². The third kappa shape index (κ3) is 3.16. The van der Waals surface area contributed by atoms with Gasteiger partial charge >= 0.3 is 0 Å². The van der Waals surface area contributed by atoms with Crippen LogP contribution in [-0.2, 0) is 16.6 Å². The molecular formula is C11H11N3O3S2. The molecule has 8 heteroatoms. The van der Waals surface area contributed by atoms with E-state index in [1.165, 1.54) is 24.6 Å². The summed E-state index contributed by atoms with van der Waals surface area (Å²) in [5.74, 6) is 0.504. The molecule has 19 heavy (non-hydrogen) atoms. The fourth-order valence-corrected chi connectivity index (χ4v) is 2.84. The van der Waals surface area contributed by atoms with Gasteiger partial charge in [0.1, 0.15) is 21.3 Å². The third-order valence-corrected chi connectivity index (χ3v) is 3.94. The summed E-state index contributed by atoms with van der Waals surface area (Å²) in [6, 6.07) is 6.24. The van der Waals surface area contributed by atoms with E-state index in [1.54, 1.807) is 12.1 Å². The van der Waals surface area contributed by atoms with E-state index in [0.29, 0.717) is 5.76 Å². The average Bonchev–Trinajstić information content (AvgIpc) is 2.89. The standard InChI is InChI=1S/C11H11N3O3S2/c12-11(18)10-9(4-1-5-13-10)19(15,16)14-7-8-3-2-6-17-8/h1-6,14H,7H2,(H2,12,18). The van der Waals surface area contributed by atoms with Crippen molar-refractivity contribution < 1.29 is 12.8 Å². The number of thiocarbonyl (C=S) groups is 1. The largest absolute Gasteiger partial charge is 0.468 e. The van der Waals surface area contributed by atoms with Crippen LogP contribution >= 0.6 is 12.2 Å². The zero-order chi connectivity index (χ0) is 13.9. The zero-order valence-corrected chi connectivity index (χ0v) is 11.4. The maximum Gasteiger partial charge on any atom is 0.243 e. The van der Waals surface area contributed by atoms with Crippen LogP contribution in [0.15, 0.2) is 46.0 Å². The second kappa shape index (κ2) is 5.47. The van der Waals surface area contributed by atoms with Crippen molar-refractivity contribution in [2.75, 3.05) is 0 Å². The van der Waals surface area contributed by atoms with Crippen LogP contribution in [0.25, 0.3) is 0 Å². The second-order valence-electron chi connectivity index (χ2n) is 3.62. The maximum absolute atomic E-state index is 12.1. The minimum absolute atomic E-state index is 0.0427. The smallest absolute Gasteiger partial charge is 0.243 e. The number of rotatable bonds is 5. The van der Waals surface area contributed by atoms with Crippen molar-refractivity contribution in [3.8, 4) is 0 Å². The van der Waals surface area contributed by atoms with Gasteiger partial charge in [0, 0.05) is 6.20 Å². The zero-order valence-electron chi connectivity index (χ0n) is 9.74. The Morgan fingerprint density at radius 1 is 1.42 bits per heavy atom. The van der Waals surface area contributed by atoms with E-state index in [0.717, 1.165) is 0 Å². The van der Waals surface area contributed by atoms with Crippen molar-refractivity contribution in [2.24, 2.45) is 5.73 Å². The lowest BCUT2D eigenvalue weighted by Gasteiger charge is -2.08. The van der Waals surface area contributed by atoms with Crippen LogP contribution in [-0.4, -0.2) is 18.4 Å². The molecular weight excluding hydrogens is 286 g/mol. The molecule has 2 aromatic heterocycles. The molecule has 0 aliphatic rings. The quantitative estimate of drug-likeness (QED) is 0.792. The van der Waals surface area contributed by atoms with Gasteiger partial charge in [0.15, 0.2) is 0 Å². The van der Waals surface area contributed by atoms with Gasteiger partial charge in [0.25, 0.3) is 0 Å². The van der Waals surface area contributed by atoms with Gasteiger partial charge in [0.2, 0.25) is 10.0 Å². The lowest BCUT2D eigenvalue weighted by Crippen LogP contribution is -2.26. The number of nitrogens with zero attached hydrogens (tertiary/aromatic N) is 1. The van der Waals surface area contributed by atoms with Gasteiger partial charge in [-0.15, -0.1) is 0 Å². The third-order valence-electron chi connectivity index (χ3n) is 2.31. The van der Waals surface area contributed by atoms with E-state index in [-0.39, 0.29) is 22.1 Å². The highest BCUT2D eigenvalue weighted by Crippen LogP contribution is 2.13. The molecule has 0 radical (unpaired) electrons. The number of aromatic nitrogens is 1. The molecule has 100 valence electrons. The van der Waals surface area contributed by atoms with E-state index in [9.17, 15) is 8.42 Å². The molecule has 0 saturated heterocycles. The molecule has 6 nitrogen and oxygen atoms in total. The fraction of sp³-hybridized carbons (Fsp3) is 0.0909. The fourth-order valence-electron chi connectivity index (χ4n) is 1.45. The number of hydrogen-bond donors (Lipinski definition) is 2. The van der Waals surface area contributed by atoms with Gasteiger partial charge < -0.3 is 10.2 Å². The SMILES string of the molecule is NC(=S)c1ncccc1S(=O)(=O)NCc1ccco1. The highest BCUT2D eigenvalue weighted by atomic mass is 32.2. The average molecular weight is 297 g/mol. The maximum atomic E-state index is 12.1.